The Kier molecular flexibility index (Phi) is 7.24. The molecule has 134 valence electrons. The summed E-state index contributed by atoms with van der Waals surface area (Å²) in [5.74, 6) is 0.143. The first-order valence-corrected chi connectivity index (χ1v) is 9.75. The van der Waals surface area contributed by atoms with Crippen molar-refractivity contribution in [1.82, 2.24) is 10.6 Å². The molecule has 1 aliphatic carbocycles. The summed E-state index contributed by atoms with van der Waals surface area (Å²) < 4.78 is 0. The van der Waals surface area contributed by atoms with Gasteiger partial charge in [-0.1, -0.05) is 39.2 Å². The van der Waals surface area contributed by atoms with Gasteiger partial charge in [0.15, 0.2) is 0 Å². The van der Waals surface area contributed by atoms with Crippen molar-refractivity contribution in [1.29, 1.82) is 0 Å². The molecular formula is C18H29N3O2S. The van der Waals surface area contributed by atoms with E-state index >= 15 is 0 Å². The van der Waals surface area contributed by atoms with Crippen molar-refractivity contribution in [3.8, 4) is 0 Å². The summed E-state index contributed by atoms with van der Waals surface area (Å²) in [4.78, 5) is 25.6. The number of nitrogens with two attached hydrogens (primary N) is 1. The van der Waals surface area contributed by atoms with Crippen LogP contribution in [0.2, 0.25) is 0 Å². The molecule has 5 nitrogen and oxygen atoms in total. The molecule has 1 saturated carbocycles. The molecule has 0 aromatic carbocycles. The monoisotopic (exact) mass is 351 g/mol. The van der Waals surface area contributed by atoms with Gasteiger partial charge in [0, 0.05) is 12.6 Å². The first-order chi connectivity index (χ1) is 11.5. The minimum Gasteiger partial charge on any atom is -0.350 e. The Hall–Kier alpha value is -1.40. The number of carbonyl (C=O) groups is 2. The summed E-state index contributed by atoms with van der Waals surface area (Å²) in [5, 5.41) is 7.82. The van der Waals surface area contributed by atoms with E-state index in [1.54, 1.807) is 6.07 Å². The zero-order valence-corrected chi connectivity index (χ0v) is 15.4. The predicted molar refractivity (Wildman–Crippen MR) is 98.0 cm³/mol. The van der Waals surface area contributed by atoms with Gasteiger partial charge in [-0.2, -0.15) is 0 Å². The summed E-state index contributed by atoms with van der Waals surface area (Å²) in [6.45, 7) is 4.33. The largest absolute Gasteiger partial charge is 0.350 e. The Labute approximate surface area is 148 Å². The van der Waals surface area contributed by atoms with Gasteiger partial charge in [-0.3, -0.25) is 9.59 Å². The van der Waals surface area contributed by atoms with Crippen molar-refractivity contribution in [2.45, 2.75) is 58.0 Å². The molecule has 1 aliphatic rings. The van der Waals surface area contributed by atoms with Crippen LogP contribution < -0.4 is 16.4 Å². The maximum atomic E-state index is 12.7. The van der Waals surface area contributed by atoms with Gasteiger partial charge in [-0.15, -0.1) is 11.3 Å². The van der Waals surface area contributed by atoms with E-state index in [0.717, 1.165) is 12.8 Å². The van der Waals surface area contributed by atoms with E-state index in [4.69, 9.17) is 5.73 Å². The topological polar surface area (TPSA) is 84.2 Å². The summed E-state index contributed by atoms with van der Waals surface area (Å²) in [7, 11) is 0. The summed E-state index contributed by atoms with van der Waals surface area (Å²) in [6.07, 6.45) is 5.93. The van der Waals surface area contributed by atoms with E-state index in [1.165, 1.54) is 30.6 Å². The number of hydrogen-bond acceptors (Lipinski definition) is 4. The molecule has 2 amide bonds. The average molecular weight is 352 g/mol. The van der Waals surface area contributed by atoms with E-state index in [9.17, 15) is 9.59 Å². The van der Waals surface area contributed by atoms with Gasteiger partial charge in [-0.05, 0) is 36.1 Å². The molecule has 0 bridgehead atoms. The summed E-state index contributed by atoms with van der Waals surface area (Å²) >= 11 is 1.37. The fraction of sp³-hybridized carbons (Fsp3) is 0.667. The zero-order valence-electron chi connectivity index (χ0n) is 14.6. The van der Waals surface area contributed by atoms with Gasteiger partial charge in [0.05, 0.1) is 4.88 Å². The first-order valence-electron chi connectivity index (χ1n) is 8.87. The number of carbonyl (C=O) groups excluding carboxylic acids is 2. The Morgan fingerprint density at radius 2 is 1.96 bits per heavy atom. The lowest BCUT2D eigenvalue weighted by Gasteiger charge is -2.32. The number of thiophene rings is 1. The van der Waals surface area contributed by atoms with Gasteiger partial charge in [0.1, 0.15) is 6.04 Å². The fourth-order valence-corrected chi connectivity index (χ4v) is 3.96. The van der Waals surface area contributed by atoms with Crippen LogP contribution in [0.15, 0.2) is 17.5 Å². The number of nitrogens with one attached hydrogen (secondary N) is 2. The maximum absolute atomic E-state index is 12.7. The third-order valence-corrected chi connectivity index (χ3v) is 5.65. The molecule has 0 radical (unpaired) electrons. The maximum Gasteiger partial charge on any atom is 0.262 e. The van der Waals surface area contributed by atoms with E-state index < -0.39 is 6.04 Å². The van der Waals surface area contributed by atoms with Crippen molar-refractivity contribution in [2.75, 3.05) is 6.54 Å². The van der Waals surface area contributed by atoms with Gasteiger partial charge >= 0.3 is 0 Å². The Bertz CT molecular complexity index is 524. The molecule has 2 atom stereocenters. The summed E-state index contributed by atoms with van der Waals surface area (Å²) in [5.41, 5.74) is 5.91. The highest BCUT2D eigenvalue weighted by molar-refractivity contribution is 7.12. The van der Waals surface area contributed by atoms with Crippen LogP contribution >= 0.6 is 11.3 Å². The van der Waals surface area contributed by atoms with Crippen LogP contribution in [0.25, 0.3) is 0 Å². The third-order valence-electron chi connectivity index (χ3n) is 4.78. The van der Waals surface area contributed by atoms with Crippen LogP contribution in [0, 0.1) is 11.8 Å². The van der Waals surface area contributed by atoms with Crippen LogP contribution in [0.4, 0.5) is 0 Å². The minimum atomic E-state index is -0.544. The Balaban J connectivity index is 1.98. The normalized spacial score (nSPS) is 18.2. The van der Waals surface area contributed by atoms with Crippen molar-refractivity contribution >= 4 is 23.2 Å². The Morgan fingerprint density at radius 1 is 1.25 bits per heavy atom. The molecule has 1 aromatic heterocycles. The van der Waals surface area contributed by atoms with Crippen molar-refractivity contribution in [3.63, 3.8) is 0 Å². The standard InChI is InChI=1S/C18H29N3O2S/c1-12(2)16(21-17(22)15-9-6-10-24-15)18(23)20-14(11-19)13-7-4-3-5-8-13/h6,9-10,12-14,16H,3-5,7-8,11,19H2,1-2H3,(H,20,23)(H,21,22). The lowest BCUT2D eigenvalue weighted by Crippen LogP contribution is -2.55. The Morgan fingerprint density at radius 3 is 2.50 bits per heavy atom. The van der Waals surface area contributed by atoms with Crippen molar-refractivity contribution in [3.05, 3.63) is 22.4 Å². The predicted octanol–water partition coefficient (Wildman–Crippen LogP) is 2.53. The second-order valence-electron chi connectivity index (χ2n) is 6.92. The second kappa shape index (κ2) is 9.18. The minimum absolute atomic E-state index is 0.00214. The lowest BCUT2D eigenvalue weighted by atomic mass is 9.83. The first kappa shape index (κ1) is 18.9. The molecular weight excluding hydrogens is 322 g/mol. The highest BCUT2D eigenvalue weighted by atomic mass is 32.1. The van der Waals surface area contributed by atoms with Crippen LogP contribution in [0.3, 0.4) is 0 Å². The molecule has 0 aliphatic heterocycles. The molecule has 1 fully saturated rings. The fourth-order valence-electron chi connectivity index (χ4n) is 3.33. The van der Waals surface area contributed by atoms with Gasteiger partial charge in [-0.25, -0.2) is 0 Å². The average Bonchev–Trinajstić information content (AvgIpc) is 3.12. The number of rotatable bonds is 7. The third kappa shape index (κ3) is 5.05. The number of amides is 2. The molecule has 1 aromatic rings. The van der Waals surface area contributed by atoms with Crippen LogP contribution in [0.1, 0.15) is 55.6 Å². The lowest BCUT2D eigenvalue weighted by molar-refractivity contribution is -0.125. The molecule has 2 unspecified atom stereocenters. The molecule has 0 spiro atoms. The van der Waals surface area contributed by atoms with Gasteiger partial charge in [0.25, 0.3) is 5.91 Å². The zero-order chi connectivity index (χ0) is 17.5. The second-order valence-corrected chi connectivity index (χ2v) is 7.87. The highest BCUT2D eigenvalue weighted by Gasteiger charge is 2.29. The molecule has 24 heavy (non-hydrogen) atoms. The van der Waals surface area contributed by atoms with E-state index in [2.05, 4.69) is 10.6 Å². The van der Waals surface area contributed by atoms with Gasteiger partial charge < -0.3 is 16.4 Å². The quantitative estimate of drug-likeness (QED) is 0.706. The van der Waals surface area contributed by atoms with E-state index in [-0.39, 0.29) is 23.8 Å². The van der Waals surface area contributed by atoms with Crippen LogP contribution in [-0.2, 0) is 4.79 Å². The number of hydrogen-bond donors (Lipinski definition) is 3. The summed E-state index contributed by atoms with van der Waals surface area (Å²) in [6, 6.07) is 3.05. The molecule has 4 N–H and O–H groups in total. The molecule has 1 heterocycles. The van der Waals surface area contributed by atoms with Crippen molar-refractivity contribution < 1.29 is 9.59 Å². The molecule has 6 heteroatoms. The SMILES string of the molecule is CC(C)C(NC(=O)c1cccs1)C(=O)NC(CN)C1CCCCC1. The van der Waals surface area contributed by atoms with E-state index in [1.807, 2.05) is 25.3 Å². The van der Waals surface area contributed by atoms with Gasteiger partial charge in [0.2, 0.25) is 5.91 Å². The highest BCUT2D eigenvalue weighted by Crippen LogP contribution is 2.26. The molecule has 2 rings (SSSR count). The smallest absolute Gasteiger partial charge is 0.262 e. The van der Waals surface area contributed by atoms with Crippen LogP contribution in [-0.4, -0.2) is 30.4 Å². The van der Waals surface area contributed by atoms with Crippen molar-refractivity contribution in [2.24, 2.45) is 17.6 Å². The van der Waals surface area contributed by atoms with E-state index in [0.29, 0.717) is 17.3 Å². The molecule has 0 saturated heterocycles. The van der Waals surface area contributed by atoms with Crippen LogP contribution in [0.5, 0.6) is 0 Å².